The molecule has 3 aliphatic rings. The highest BCUT2D eigenvalue weighted by Crippen LogP contribution is 2.56. The molecule has 2 aromatic carbocycles. The van der Waals surface area contributed by atoms with Crippen molar-refractivity contribution in [2.24, 2.45) is 47.2 Å². The summed E-state index contributed by atoms with van der Waals surface area (Å²) in [5, 5.41) is 2.98. The highest BCUT2D eigenvalue weighted by atomic mass is 31.2. The fraction of sp³-hybridized carbons (Fsp3) is 0.838. The quantitative estimate of drug-likeness (QED) is 0.0205. The normalized spacial score (nSPS) is 22.2. The van der Waals surface area contributed by atoms with Crippen molar-refractivity contribution < 1.29 is 84.4 Å². The van der Waals surface area contributed by atoms with Gasteiger partial charge in [0.1, 0.15) is 36.6 Å². The molecule has 0 spiro atoms. The number of esters is 4. The van der Waals surface area contributed by atoms with Crippen LogP contribution in [0.1, 0.15) is 422 Å². The molecule has 0 aromatic heterocycles. The zero-order chi connectivity index (χ0) is 92.8. The van der Waals surface area contributed by atoms with Crippen LogP contribution >= 0.6 is 7.82 Å². The van der Waals surface area contributed by atoms with E-state index in [4.69, 9.17) is 61.6 Å². The van der Waals surface area contributed by atoms with E-state index in [9.17, 15) is 14.4 Å². The lowest BCUT2D eigenvalue weighted by Gasteiger charge is -2.49. The summed E-state index contributed by atoms with van der Waals surface area (Å²) in [6, 6.07) is 14.6. The van der Waals surface area contributed by atoms with Crippen LogP contribution in [0.5, 0.6) is 0 Å². The maximum Gasteiger partial charge on any atom is 0.475 e. The molecule has 18 atom stereocenters. The van der Waals surface area contributed by atoms with E-state index in [1.54, 1.807) is 0 Å². The second kappa shape index (κ2) is 64.7. The van der Waals surface area contributed by atoms with E-state index in [2.05, 4.69) is 87.6 Å². The molecule has 20 nitrogen and oxygen atoms in total. The molecule has 9 unspecified atom stereocenters. The second-order valence-electron chi connectivity index (χ2n) is 40.3. The minimum atomic E-state index is -4.74. The van der Waals surface area contributed by atoms with Crippen LogP contribution < -0.4 is 11.1 Å². The van der Waals surface area contributed by atoms with Gasteiger partial charge in [-0.3, -0.25) is 37.5 Å². The van der Waals surface area contributed by atoms with Crippen molar-refractivity contribution in [3.8, 4) is 0 Å². The van der Waals surface area contributed by atoms with Crippen LogP contribution in [-0.4, -0.2) is 119 Å². The SMILES string of the molecule is CCCCCCCCCCCC(C)C(=O)O[C@@H](CC(=O)NC1[C@H](OCC2O[C@@H](O[Si](C)(C)C(C)(C)C)C(N)[C@@H](OC(=O)C[C@H](C)C(C)CCCCCCCCC)[C@@H]2C)OC(COCc2ccccc2)[C@@H](OP2(=O)OCc3ccccc3CO2)[C@@H]1OC(=O)C[C@H](OC(=O)C(C)CCCCCCCCCCC)C(C)CCCCCCCCC)C(C)CCCCCCCCC. The Kier molecular flexibility index (Phi) is 57.8. The van der Waals surface area contributed by atoms with Gasteiger partial charge in [-0.15, -0.1) is 0 Å². The largest absolute Gasteiger partial charge is 0.475 e. The van der Waals surface area contributed by atoms with Crippen molar-refractivity contribution in [3.63, 3.8) is 0 Å². The molecule has 1 amide bonds. The predicted octanol–water partition coefficient (Wildman–Crippen LogP) is 27.3. The van der Waals surface area contributed by atoms with Gasteiger partial charge < -0.3 is 53.4 Å². The number of hydrogen-bond acceptors (Lipinski definition) is 19. The number of hydrogen-bond donors (Lipinski definition) is 2. The molecule has 2 aromatic rings. The Bertz CT molecular complexity index is 3260. The number of nitrogens with one attached hydrogen (secondary N) is 1. The molecule has 3 heterocycles. The molecule has 3 aliphatic heterocycles. The third-order valence-electron chi connectivity index (χ3n) is 27.9. The molecule has 0 bridgehead atoms. The van der Waals surface area contributed by atoms with Crippen molar-refractivity contribution in [2.75, 3.05) is 13.2 Å². The van der Waals surface area contributed by atoms with E-state index >= 15 is 14.2 Å². The second-order valence-corrected chi connectivity index (χ2v) is 46.7. The van der Waals surface area contributed by atoms with Crippen LogP contribution in [0.3, 0.4) is 0 Å². The van der Waals surface area contributed by atoms with E-state index in [-0.39, 0.29) is 86.5 Å². The summed E-state index contributed by atoms with van der Waals surface area (Å²) in [5.74, 6) is -4.34. The number of phosphoric acid groups is 1. The van der Waals surface area contributed by atoms with Crippen molar-refractivity contribution in [1.29, 1.82) is 0 Å². The van der Waals surface area contributed by atoms with E-state index in [1.165, 1.54) is 116 Å². The van der Waals surface area contributed by atoms with Crippen LogP contribution in [0, 0.1) is 41.4 Å². The van der Waals surface area contributed by atoms with Crippen molar-refractivity contribution >= 4 is 45.9 Å². The average Bonchev–Trinajstić information content (AvgIpc) is 1.59. The number of fused-ring (bicyclic) bond motifs is 1. The molecule has 5 rings (SSSR count). The lowest BCUT2D eigenvalue weighted by Crippen LogP contribution is -2.67. The minimum absolute atomic E-state index is 0.0266. The van der Waals surface area contributed by atoms with E-state index < -0.39 is 126 Å². The molecule has 22 heteroatoms. The Labute approximate surface area is 774 Å². The summed E-state index contributed by atoms with van der Waals surface area (Å²) in [5.41, 5.74) is 9.61. The first-order chi connectivity index (χ1) is 61.0. The van der Waals surface area contributed by atoms with Gasteiger partial charge in [0.25, 0.3) is 0 Å². The zero-order valence-electron chi connectivity index (χ0n) is 83.2. The molecule has 2 fully saturated rings. The van der Waals surface area contributed by atoms with Gasteiger partial charge >= 0.3 is 31.7 Å². The summed E-state index contributed by atoms with van der Waals surface area (Å²) in [6.07, 6.45) is 36.2. The van der Waals surface area contributed by atoms with E-state index in [0.717, 1.165) is 158 Å². The molecule has 732 valence electrons. The number of carbonyl (C=O) groups excluding carboxylic acids is 5. The number of nitrogens with two attached hydrogens (primary N) is 1. The summed E-state index contributed by atoms with van der Waals surface area (Å²) < 4.78 is 97.7. The summed E-state index contributed by atoms with van der Waals surface area (Å²) >= 11 is 0. The van der Waals surface area contributed by atoms with Gasteiger partial charge in [-0.05, 0) is 84.2 Å². The van der Waals surface area contributed by atoms with Crippen LogP contribution in [0.2, 0.25) is 18.1 Å². The van der Waals surface area contributed by atoms with Crippen molar-refractivity contribution in [1.82, 2.24) is 5.32 Å². The Balaban J connectivity index is 1.69. The molecule has 0 saturated carbocycles. The monoisotopic (exact) mass is 1820 g/mol. The number of unbranched alkanes of at least 4 members (excludes halogenated alkanes) is 34. The predicted molar refractivity (Wildman–Crippen MR) is 515 cm³/mol. The van der Waals surface area contributed by atoms with Crippen molar-refractivity contribution in [2.45, 2.75) is 511 Å². The number of rotatable bonds is 71. The molecule has 3 N–H and O–H groups in total. The first-order valence-electron chi connectivity index (χ1n) is 51.7. The lowest BCUT2D eigenvalue weighted by molar-refractivity contribution is -0.292. The third-order valence-corrected chi connectivity index (χ3v) is 33.7. The third kappa shape index (κ3) is 44.7. The van der Waals surface area contributed by atoms with Gasteiger partial charge in [-0.2, -0.15) is 0 Å². The Morgan fingerprint density at radius 3 is 1.29 bits per heavy atom. The van der Waals surface area contributed by atoms with Gasteiger partial charge in [0.15, 0.2) is 27.0 Å². The van der Waals surface area contributed by atoms with E-state index in [0.29, 0.717) is 25.7 Å². The first kappa shape index (κ1) is 113. The van der Waals surface area contributed by atoms with Crippen LogP contribution in [0.4, 0.5) is 0 Å². The number of benzene rings is 2. The van der Waals surface area contributed by atoms with Crippen molar-refractivity contribution in [3.05, 3.63) is 71.3 Å². The standard InChI is InChI=1S/C105H185N2O18PSi/c1-18-23-28-33-38-40-45-50-56-65-82(9)101(111)118-89(80(7)63-54-48-43-36-31-26-21-4)72-93(108)107-97-100(123-95(110)73-90(81(8)64-55-49-44-37-32-27-22-5)119-102(112)83(10)66-57-51-46-41-39-34-29-24-19-2)99(124-126(113)116-75-87-69-60-61-70-88(87)76-117-126)92(77-114-74-86-67-58-52-59-68-86)121-104(97)115-78-91-85(12)98(96(106)103(120-91)125-127(16,17)105(13,14)15)122-94(109)71-84(11)79(6)62-53-47-42-35-30-25-20-3/h52,58-61,67-70,79-85,89-92,96-100,103-104H,18-51,53-57,62-66,71-78,106H2,1-17H3,(H,107,108)/t79?,80?,81?,82?,83?,84-,85+,89-,90-,91?,92?,96?,97?,98-,99+,100+,103-,104+/m0/s1. The number of carbonyl (C=O) groups is 5. The van der Waals surface area contributed by atoms with E-state index in [1.807, 2.05) is 89.2 Å². The zero-order valence-corrected chi connectivity index (χ0v) is 85.1. The van der Waals surface area contributed by atoms with Crippen LogP contribution in [0.15, 0.2) is 54.6 Å². The first-order valence-corrected chi connectivity index (χ1v) is 56.1. The van der Waals surface area contributed by atoms with Gasteiger partial charge in [-0.1, -0.05) is 415 Å². The number of amides is 1. The average molecular weight is 1820 g/mol. The fourth-order valence-corrected chi connectivity index (χ4v) is 20.0. The Morgan fingerprint density at radius 2 is 0.850 bits per heavy atom. The lowest BCUT2D eigenvalue weighted by atomic mass is 9.87. The molecule has 2 saturated heterocycles. The maximum absolute atomic E-state index is 16.1. The van der Waals surface area contributed by atoms with Gasteiger partial charge in [0, 0.05) is 12.3 Å². The summed E-state index contributed by atoms with van der Waals surface area (Å²) in [6.45, 7) is 35.1. The maximum atomic E-state index is 16.1. The minimum Gasteiger partial charge on any atom is -0.461 e. The summed E-state index contributed by atoms with van der Waals surface area (Å²) in [7, 11) is -7.45. The van der Waals surface area contributed by atoms with Crippen LogP contribution in [0.25, 0.3) is 0 Å². The molecule has 127 heavy (non-hydrogen) atoms. The van der Waals surface area contributed by atoms with Crippen LogP contribution in [-0.2, 0) is 104 Å². The molecular weight excluding hydrogens is 1640 g/mol. The topological polar surface area (TPSA) is 251 Å². The molecular formula is C105H185N2O18PSi. The number of phosphoric ester groups is 1. The number of ether oxygens (including phenoxy) is 8. The fourth-order valence-electron chi connectivity index (χ4n) is 17.5. The molecule has 0 aliphatic carbocycles. The van der Waals surface area contributed by atoms with Gasteiger partial charge in [0.05, 0.1) is 69.9 Å². The smallest absolute Gasteiger partial charge is 0.461 e. The highest BCUT2D eigenvalue weighted by Gasteiger charge is 2.56. The Morgan fingerprint density at radius 1 is 0.465 bits per heavy atom. The van der Waals surface area contributed by atoms with Gasteiger partial charge in [0.2, 0.25) is 5.91 Å². The van der Waals surface area contributed by atoms with Gasteiger partial charge in [-0.25, -0.2) is 4.57 Å². The Hall–Kier alpha value is -4.12. The summed E-state index contributed by atoms with van der Waals surface area (Å²) in [4.78, 5) is 76.2. The molecule has 0 radical (unpaired) electrons. The highest BCUT2D eigenvalue weighted by molar-refractivity contribution is 7.48.